The van der Waals surface area contributed by atoms with Crippen LogP contribution >= 0.6 is 11.3 Å². The van der Waals surface area contributed by atoms with Crippen LogP contribution in [-0.4, -0.2) is 34.0 Å². The number of amides is 1. The molecule has 1 atom stereocenters. The second-order valence-electron chi connectivity index (χ2n) is 5.36. The number of rotatable bonds is 4. The average Bonchev–Trinajstić information content (AvgIpc) is 3.18. The van der Waals surface area contributed by atoms with Crippen LogP contribution in [0.1, 0.15) is 44.4 Å². The van der Waals surface area contributed by atoms with Crippen molar-refractivity contribution in [2.75, 3.05) is 13.1 Å². The van der Waals surface area contributed by atoms with E-state index in [2.05, 4.69) is 10.1 Å². The number of piperidine rings is 1. The van der Waals surface area contributed by atoms with E-state index in [0.717, 1.165) is 30.7 Å². The highest BCUT2D eigenvalue weighted by atomic mass is 32.1. The van der Waals surface area contributed by atoms with Gasteiger partial charge in [0.2, 0.25) is 17.6 Å². The first-order valence-corrected chi connectivity index (χ1v) is 8.31. The maximum atomic E-state index is 12.0. The Balaban J connectivity index is 1.70. The molecule has 0 unspecified atom stereocenters. The number of likely N-dealkylation sites (tertiary alicyclic amines) is 1. The molecule has 1 amide bonds. The Kier molecular flexibility index (Phi) is 4.34. The van der Waals surface area contributed by atoms with Crippen LogP contribution in [0.4, 0.5) is 0 Å². The molecular formula is C15H19N3O2S. The Morgan fingerprint density at radius 2 is 2.48 bits per heavy atom. The summed E-state index contributed by atoms with van der Waals surface area (Å²) in [4.78, 5) is 19.5. The van der Waals surface area contributed by atoms with E-state index >= 15 is 0 Å². The van der Waals surface area contributed by atoms with Crippen molar-refractivity contribution in [3.05, 3.63) is 23.4 Å². The van der Waals surface area contributed by atoms with Gasteiger partial charge in [0.05, 0.1) is 10.8 Å². The van der Waals surface area contributed by atoms with Crippen molar-refractivity contribution in [2.24, 2.45) is 0 Å². The third-order valence-corrected chi connectivity index (χ3v) is 4.64. The quantitative estimate of drug-likeness (QED) is 0.869. The lowest BCUT2D eigenvalue weighted by molar-refractivity contribution is -0.132. The van der Waals surface area contributed by atoms with Crippen molar-refractivity contribution in [3.63, 3.8) is 0 Å². The summed E-state index contributed by atoms with van der Waals surface area (Å²) in [6, 6.07) is 3.96. The summed E-state index contributed by atoms with van der Waals surface area (Å²) in [6.07, 6.45) is 3.51. The van der Waals surface area contributed by atoms with Crippen LogP contribution in [-0.2, 0) is 4.79 Å². The van der Waals surface area contributed by atoms with E-state index < -0.39 is 0 Å². The van der Waals surface area contributed by atoms with Gasteiger partial charge in [0.1, 0.15) is 0 Å². The predicted octanol–water partition coefficient (Wildman–Crippen LogP) is 3.30. The second-order valence-corrected chi connectivity index (χ2v) is 6.31. The summed E-state index contributed by atoms with van der Waals surface area (Å²) in [5, 5.41) is 6.06. The topological polar surface area (TPSA) is 59.2 Å². The number of carbonyl (C=O) groups excluding carboxylic acids is 1. The van der Waals surface area contributed by atoms with E-state index in [4.69, 9.17) is 4.52 Å². The highest BCUT2D eigenvalue weighted by Crippen LogP contribution is 2.29. The molecule has 2 aromatic heterocycles. The van der Waals surface area contributed by atoms with E-state index in [0.29, 0.717) is 24.7 Å². The van der Waals surface area contributed by atoms with Gasteiger partial charge in [0.15, 0.2) is 0 Å². The first-order valence-electron chi connectivity index (χ1n) is 7.43. The Hall–Kier alpha value is -1.69. The number of thiophene rings is 1. The lowest BCUT2D eigenvalue weighted by atomic mass is 9.97. The molecule has 0 saturated carbocycles. The van der Waals surface area contributed by atoms with E-state index in [9.17, 15) is 4.79 Å². The minimum absolute atomic E-state index is 0.167. The van der Waals surface area contributed by atoms with Gasteiger partial charge in [0.25, 0.3) is 0 Å². The molecule has 0 bridgehead atoms. The normalized spacial score (nSPS) is 18.9. The molecule has 3 rings (SSSR count). The molecule has 1 aliphatic heterocycles. The molecule has 1 fully saturated rings. The van der Waals surface area contributed by atoms with Gasteiger partial charge in [-0.05, 0) is 30.7 Å². The van der Waals surface area contributed by atoms with Crippen molar-refractivity contribution < 1.29 is 9.32 Å². The summed E-state index contributed by atoms with van der Waals surface area (Å²) < 4.78 is 5.42. The Bertz CT molecular complexity index is 594. The monoisotopic (exact) mass is 305 g/mol. The van der Waals surface area contributed by atoms with Crippen LogP contribution in [0.2, 0.25) is 0 Å². The van der Waals surface area contributed by atoms with Crippen LogP contribution in [0.15, 0.2) is 22.0 Å². The van der Waals surface area contributed by atoms with Gasteiger partial charge in [-0.25, -0.2) is 0 Å². The number of hydrogen-bond acceptors (Lipinski definition) is 5. The molecule has 2 aromatic rings. The van der Waals surface area contributed by atoms with Gasteiger partial charge in [0, 0.05) is 19.5 Å². The molecule has 0 spiro atoms. The van der Waals surface area contributed by atoms with Crippen LogP contribution < -0.4 is 0 Å². The Morgan fingerprint density at radius 1 is 1.57 bits per heavy atom. The highest BCUT2D eigenvalue weighted by Gasteiger charge is 2.28. The number of hydrogen-bond donors (Lipinski definition) is 0. The molecule has 3 heterocycles. The minimum Gasteiger partial charge on any atom is -0.342 e. The molecular weight excluding hydrogens is 286 g/mol. The van der Waals surface area contributed by atoms with Crippen molar-refractivity contribution in [3.8, 4) is 10.7 Å². The maximum Gasteiger partial charge on any atom is 0.231 e. The zero-order valence-electron chi connectivity index (χ0n) is 12.1. The maximum absolute atomic E-state index is 12.0. The molecule has 0 radical (unpaired) electrons. The minimum atomic E-state index is 0.167. The Morgan fingerprint density at radius 3 is 3.24 bits per heavy atom. The van der Waals surface area contributed by atoms with Crippen molar-refractivity contribution >= 4 is 17.2 Å². The summed E-state index contributed by atoms with van der Waals surface area (Å²) >= 11 is 1.60. The van der Waals surface area contributed by atoms with Crippen LogP contribution in [0, 0.1) is 0 Å². The van der Waals surface area contributed by atoms with Gasteiger partial charge >= 0.3 is 0 Å². The van der Waals surface area contributed by atoms with Gasteiger partial charge in [-0.2, -0.15) is 4.98 Å². The largest absolute Gasteiger partial charge is 0.342 e. The van der Waals surface area contributed by atoms with E-state index in [1.165, 1.54) is 0 Å². The van der Waals surface area contributed by atoms with Crippen LogP contribution in [0.25, 0.3) is 10.7 Å². The average molecular weight is 305 g/mol. The van der Waals surface area contributed by atoms with Crippen LogP contribution in [0.5, 0.6) is 0 Å². The van der Waals surface area contributed by atoms with E-state index in [-0.39, 0.29) is 11.8 Å². The van der Waals surface area contributed by atoms with Gasteiger partial charge in [-0.3, -0.25) is 4.79 Å². The lowest BCUT2D eigenvalue weighted by Crippen LogP contribution is -2.39. The van der Waals surface area contributed by atoms with Crippen molar-refractivity contribution in [2.45, 2.75) is 38.5 Å². The summed E-state index contributed by atoms with van der Waals surface area (Å²) in [5.41, 5.74) is 0. The fraction of sp³-hybridized carbons (Fsp3) is 0.533. The molecule has 112 valence electrons. The SMILES string of the molecule is CCCC(=O)N1CCC[C@@H](c2nc(-c3cccs3)no2)C1. The van der Waals surface area contributed by atoms with Gasteiger partial charge in [-0.1, -0.05) is 18.1 Å². The zero-order chi connectivity index (χ0) is 14.7. The smallest absolute Gasteiger partial charge is 0.231 e. The first-order chi connectivity index (χ1) is 10.3. The third kappa shape index (κ3) is 3.15. The van der Waals surface area contributed by atoms with E-state index in [1.54, 1.807) is 11.3 Å². The predicted molar refractivity (Wildman–Crippen MR) is 81.1 cm³/mol. The fourth-order valence-corrected chi connectivity index (χ4v) is 3.33. The van der Waals surface area contributed by atoms with E-state index in [1.807, 2.05) is 29.3 Å². The fourth-order valence-electron chi connectivity index (χ4n) is 2.68. The number of nitrogens with zero attached hydrogens (tertiary/aromatic N) is 3. The number of carbonyl (C=O) groups is 1. The third-order valence-electron chi connectivity index (χ3n) is 3.77. The van der Waals surface area contributed by atoms with Crippen LogP contribution in [0.3, 0.4) is 0 Å². The first kappa shape index (κ1) is 14.3. The summed E-state index contributed by atoms with van der Waals surface area (Å²) in [5.74, 6) is 1.71. The molecule has 1 saturated heterocycles. The molecule has 5 nitrogen and oxygen atoms in total. The molecule has 0 N–H and O–H groups in total. The second kappa shape index (κ2) is 6.39. The highest BCUT2D eigenvalue weighted by molar-refractivity contribution is 7.13. The lowest BCUT2D eigenvalue weighted by Gasteiger charge is -2.31. The zero-order valence-corrected chi connectivity index (χ0v) is 12.9. The molecule has 6 heteroatoms. The van der Waals surface area contributed by atoms with Crippen molar-refractivity contribution in [1.29, 1.82) is 0 Å². The summed E-state index contributed by atoms with van der Waals surface area (Å²) in [7, 11) is 0. The van der Waals surface area contributed by atoms with Crippen molar-refractivity contribution in [1.82, 2.24) is 15.0 Å². The Labute approximate surface area is 128 Å². The molecule has 0 aromatic carbocycles. The molecule has 1 aliphatic rings. The standard InChI is InChI=1S/C15H19N3O2S/c1-2-5-13(19)18-8-3-6-11(10-18)15-16-14(17-20-15)12-7-4-9-21-12/h4,7,9,11H,2-3,5-6,8,10H2,1H3/t11-/m1/s1. The van der Waals surface area contributed by atoms with Gasteiger partial charge in [-0.15, -0.1) is 11.3 Å². The molecule has 0 aliphatic carbocycles. The number of aromatic nitrogens is 2. The van der Waals surface area contributed by atoms with Gasteiger partial charge < -0.3 is 9.42 Å². The summed E-state index contributed by atoms with van der Waals surface area (Å²) in [6.45, 7) is 3.58. The molecule has 21 heavy (non-hydrogen) atoms.